The van der Waals surface area contributed by atoms with Gasteiger partial charge in [0.05, 0.1) is 16.6 Å². The van der Waals surface area contributed by atoms with Crippen LogP contribution in [0.1, 0.15) is 85.4 Å². The van der Waals surface area contributed by atoms with Gasteiger partial charge in [-0.25, -0.2) is 0 Å². The predicted molar refractivity (Wildman–Crippen MR) is 198 cm³/mol. The van der Waals surface area contributed by atoms with Crippen LogP contribution in [0.3, 0.4) is 0 Å². The molecule has 0 saturated heterocycles. The molecule has 51 heavy (non-hydrogen) atoms. The van der Waals surface area contributed by atoms with Crippen LogP contribution in [0.2, 0.25) is 0 Å². The second-order valence-electron chi connectivity index (χ2n) is 15.1. The highest BCUT2D eigenvalue weighted by Gasteiger charge is 2.42. The van der Waals surface area contributed by atoms with Gasteiger partial charge in [0.1, 0.15) is 17.3 Å². The molecular formula is C39H57N3O9. The monoisotopic (exact) mass is 711 g/mol. The molecule has 12 nitrogen and oxygen atoms in total. The Kier molecular flexibility index (Phi) is 15.2. The van der Waals surface area contributed by atoms with E-state index in [-0.39, 0.29) is 51.8 Å². The van der Waals surface area contributed by atoms with E-state index in [4.69, 9.17) is 22.3 Å². The van der Waals surface area contributed by atoms with Crippen molar-refractivity contribution >= 4 is 17.3 Å². The van der Waals surface area contributed by atoms with Gasteiger partial charge in [-0.2, -0.15) is 0 Å². The molecule has 0 aromatic heterocycles. The Morgan fingerprint density at radius 2 is 0.902 bits per heavy atom. The predicted octanol–water partition coefficient (Wildman–Crippen LogP) is 4.89. The van der Waals surface area contributed by atoms with Crippen LogP contribution in [0.5, 0.6) is 34.5 Å². The van der Waals surface area contributed by atoms with Crippen molar-refractivity contribution in [2.45, 2.75) is 105 Å². The van der Waals surface area contributed by atoms with Crippen molar-refractivity contribution in [1.29, 1.82) is 0 Å². The number of carbonyl (C=O) groups is 3. The second kappa shape index (κ2) is 17.5. The Bertz CT molecular complexity index is 1680. The van der Waals surface area contributed by atoms with Crippen LogP contribution in [0, 0.1) is 11.3 Å². The molecule has 0 amide bonds. The summed E-state index contributed by atoms with van der Waals surface area (Å²) in [6.07, 6.45) is 1.59. The van der Waals surface area contributed by atoms with E-state index in [0.29, 0.717) is 37.2 Å². The summed E-state index contributed by atoms with van der Waals surface area (Å²) < 4.78 is 0. The van der Waals surface area contributed by atoms with Gasteiger partial charge in [0.2, 0.25) is 0 Å². The zero-order valence-corrected chi connectivity index (χ0v) is 31.2. The molecule has 3 aromatic carbocycles. The zero-order valence-electron chi connectivity index (χ0n) is 31.2. The fraction of sp³-hybridized carbons (Fsp3) is 0.462. The lowest BCUT2D eigenvalue weighted by Crippen LogP contribution is -2.58. The number of nitrogens with two attached hydrogens (primary N) is 3. The standard InChI is InChI=1S/2C14H21NO3.C11H15NO3/c1-9(16)14(15,13(2,3)4)8-10-5-6-11(17)12(18)7-10;1-9(2)7-14(15,10(3)16)8-11-4-5-12(17)13(18)6-11;1-7(13)11(2,12)6-8-3-4-9(14)10(15)5-8/h5-7,17-18H,8,15H2,1-4H3;4-6,9,17-18H,7-8,15H2,1-3H3;3-5,14-15H,6,12H2,1-2H3. The quantitative estimate of drug-likeness (QED) is 0.121. The van der Waals surface area contributed by atoms with E-state index in [2.05, 4.69) is 0 Å². The lowest BCUT2D eigenvalue weighted by molar-refractivity contribution is -0.126. The van der Waals surface area contributed by atoms with Crippen LogP contribution in [-0.2, 0) is 33.6 Å². The number of carbonyl (C=O) groups excluding carboxylic acids is 3. The molecule has 0 aliphatic carbocycles. The summed E-state index contributed by atoms with van der Waals surface area (Å²) in [6, 6.07) is 13.4. The van der Waals surface area contributed by atoms with Crippen LogP contribution in [0.25, 0.3) is 0 Å². The molecule has 0 aliphatic heterocycles. The SMILES string of the molecule is CC(=O)C(C)(N)Cc1ccc(O)c(O)c1.CC(=O)C(N)(Cc1ccc(O)c(O)c1)C(C)(C)C.CC(=O)C(N)(Cc1ccc(O)c(O)c1)CC(C)C. The number of phenolic OH excluding ortho intramolecular Hbond substituents is 6. The maximum absolute atomic E-state index is 11.8. The Hall–Kier alpha value is -4.65. The van der Waals surface area contributed by atoms with Crippen LogP contribution in [-0.4, -0.2) is 64.6 Å². The molecule has 3 rings (SSSR count). The summed E-state index contributed by atoms with van der Waals surface area (Å²) in [7, 11) is 0. The van der Waals surface area contributed by atoms with Gasteiger partial charge >= 0.3 is 0 Å². The van der Waals surface area contributed by atoms with Gasteiger partial charge in [0, 0.05) is 0 Å². The molecule has 3 atom stereocenters. The van der Waals surface area contributed by atoms with E-state index < -0.39 is 22.0 Å². The number of benzene rings is 3. The molecule has 0 radical (unpaired) electrons. The van der Waals surface area contributed by atoms with E-state index in [1.54, 1.807) is 25.1 Å². The summed E-state index contributed by atoms with van der Waals surface area (Å²) in [5.74, 6) is -1.10. The van der Waals surface area contributed by atoms with Crippen LogP contribution < -0.4 is 17.2 Å². The highest BCUT2D eigenvalue weighted by atomic mass is 16.3. The Morgan fingerprint density at radius 3 is 1.18 bits per heavy atom. The highest BCUT2D eigenvalue weighted by Crippen LogP contribution is 2.34. The lowest BCUT2D eigenvalue weighted by Gasteiger charge is -2.39. The Balaban J connectivity index is 0.000000384. The number of Topliss-reactive ketones (excluding diaryl/α,β-unsaturated/α-hetero) is 3. The minimum atomic E-state index is -1.00. The highest BCUT2D eigenvalue weighted by molar-refractivity contribution is 5.87. The van der Waals surface area contributed by atoms with E-state index in [0.717, 1.165) is 11.1 Å². The maximum atomic E-state index is 11.8. The molecule has 0 bridgehead atoms. The lowest BCUT2D eigenvalue weighted by atomic mass is 9.69. The third-order valence-corrected chi connectivity index (χ3v) is 8.94. The minimum Gasteiger partial charge on any atom is -0.504 e. The number of hydrogen-bond donors (Lipinski definition) is 9. The first-order valence-electron chi connectivity index (χ1n) is 16.6. The average Bonchev–Trinajstić information content (AvgIpc) is 2.98. The fourth-order valence-electron chi connectivity index (χ4n) is 5.26. The zero-order chi connectivity index (χ0) is 39.7. The van der Waals surface area contributed by atoms with Gasteiger partial charge in [0.15, 0.2) is 34.5 Å². The summed E-state index contributed by atoms with van der Waals surface area (Å²) in [4.78, 5) is 34.7. The first kappa shape index (κ1) is 44.4. The van der Waals surface area contributed by atoms with E-state index in [9.17, 15) is 39.9 Å². The smallest absolute Gasteiger partial charge is 0.157 e. The molecular weight excluding hydrogens is 654 g/mol. The minimum absolute atomic E-state index is 0.0660. The first-order chi connectivity index (χ1) is 23.1. The molecule has 0 fully saturated rings. The topological polar surface area (TPSA) is 251 Å². The van der Waals surface area contributed by atoms with Crippen molar-refractivity contribution in [2.24, 2.45) is 28.5 Å². The average molecular weight is 712 g/mol. The van der Waals surface area contributed by atoms with Crippen molar-refractivity contribution < 1.29 is 45.0 Å². The van der Waals surface area contributed by atoms with Crippen LogP contribution in [0.15, 0.2) is 54.6 Å². The summed E-state index contributed by atoms with van der Waals surface area (Å²) in [5, 5.41) is 55.8. The molecule has 0 aliphatic rings. The van der Waals surface area contributed by atoms with Gasteiger partial charge in [-0.15, -0.1) is 0 Å². The first-order valence-corrected chi connectivity index (χ1v) is 16.6. The number of aromatic hydroxyl groups is 6. The molecule has 0 heterocycles. The Labute approximate surface area is 300 Å². The van der Waals surface area contributed by atoms with Crippen molar-refractivity contribution in [2.75, 3.05) is 0 Å². The molecule has 12 heteroatoms. The summed E-state index contributed by atoms with van der Waals surface area (Å²) in [5.41, 5.74) is 17.1. The third-order valence-electron chi connectivity index (χ3n) is 8.94. The van der Waals surface area contributed by atoms with E-state index >= 15 is 0 Å². The maximum Gasteiger partial charge on any atom is 0.157 e. The summed E-state index contributed by atoms with van der Waals surface area (Å²) >= 11 is 0. The van der Waals surface area contributed by atoms with Gasteiger partial charge < -0.3 is 47.8 Å². The second-order valence-corrected chi connectivity index (χ2v) is 15.1. The molecule has 12 N–H and O–H groups in total. The number of phenols is 6. The van der Waals surface area contributed by atoms with Gasteiger partial charge in [0.25, 0.3) is 0 Å². The molecule has 0 spiro atoms. The number of ketones is 3. The van der Waals surface area contributed by atoms with Gasteiger partial charge in [-0.05, 0) is 118 Å². The van der Waals surface area contributed by atoms with Crippen molar-refractivity contribution in [3.63, 3.8) is 0 Å². The number of rotatable bonds is 11. The molecule has 0 saturated carbocycles. The summed E-state index contributed by atoms with van der Waals surface area (Å²) in [6.45, 7) is 15.8. The molecule has 282 valence electrons. The molecule has 3 aromatic rings. The number of hydrogen-bond acceptors (Lipinski definition) is 12. The third kappa shape index (κ3) is 12.9. The Morgan fingerprint density at radius 1 is 0.549 bits per heavy atom. The van der Waals surface area contributed by atoms with Crippen LogP contribution in [0.4, 0.5) is 0 Å². The molecule has 3 unspecified atom stereocenters. The fourth-order valence-corrected chi connectivity index (χ4v) is 5.26. The van der Waals surface area contributed by atoms with Crippen LogP contribution >= 0.6 is 0 Å². The van der Waals surface area contributed by atoms with Gasteiger partial charge in [-0.3, -0.25) is 14.4 Å². The van der Waals surface area contributed by atoms with Crippen molar-refractivity contribution in [3.8, 4) is 34.5 Å². The van der Waals surface area contributed by atoms with E-state index in [1.807, 2.05) is 34.6 Å². The van der Waals surface area contributed by atoms with Crippen molar-refractivity contribution in [1.82, 2.24) is 0 Å². The normalized spacial score (nSPS) is 14.8. The largest absolute Gasteiger partial charge is 0.504 e. The van der Waals surface area contributed by atoms with E-state index in [1.165, 1.54) is 57.2 Å². The van der Waals surface area contributed by atoms with Gasteiger partial charge in [-0.1, -0.05) is 52.8 Å². The van der Waals surface area contributed by atoms with Crippen molar-refractivity contribution in [3.05, 3.63) is 71.3 Å².